The van der Waals surface area contributed by atoms with E-state index in [-0.39, 0.29) is 11.9 Å². The van der Waals surface area contributed by atoms with E-state index in [1.165, 1.54) is 6.26 Å². The first-order chi connectivity index (χ1) is 21.1. The fourth-order valence-corrected chi connectivity index (χ4v) is 7.44. The van der Waals surface area contributed by atoms with Crippen LogP contribution in [0.15, 0.2) is 69.9 Å². The Labute approximate surface area is 259 Å². The molecule has 0 aliphatic carbocycles. The van der Waals surface area contributed by atoms with Gasteiger partial charge in [0.05, 0.1) is 31.6 Å². The van der Waals surface area contributed by atoms with E-state index in [1.54, 1.807) is 12.1 Å². The Hall–Kier alpha value is -4.56. The first-order valence-electron chi connectivity index (χ1n) is 14.8. The molecule has 2 heterocycles. The molecule has 0 saturated carbocycles. The van der Waals surface area contributed by atoms with Crippen LogP contribution in [0.3, 0.4) is 0 Å². The molecule has 2 amide bonds. The zero-order valence-corrected chi connectivity index (χ0v) is 26.1. The molecule has 0 bridgehead atoms. The van der Waals surface area contributed by atoms with Crippen LogP contribution in [0.4, 0.5) is 21.9 Å². The normalized spacial score (nSPS) is 17.0. The van der Waals surface area contributed by atoms with E-state index in [9.17, 15) is 19.1 Å². The van der Waals surface area contributed by atoms with Crippen molar-refractivity contribution in [3.63, 3.8) is 0 Å². The number of anilines is 3. The number of nitrogens with zero attached hydrogens (tertiary/aromatic N) is 5. The highest BCUT2D eigenvalue weighted by atomic mass is 32.2. The third-order valence-corrected chi connectivity index (χ3v) is 10.1. The van der Waals surface area contributed by atoms with Crippen molar-refractivity contribution in [3.8, 4) is 6.07 Å². The van der Waals surface area contributed by atoms with E-state index in [0.29, 0.717) is 47.9 Å². The van der Waals surface area contributed by atoms with Crippen molar-refractivity contribution in [2.45, 2.75) is 37.6 Å². The van der Waals surface area contributed by atoms with Crippen molar-refractivity contribution >= 4 is 38.8 Å². The van der Waals surface area contributed by atoms with Crippen molar-refractivity contribution in [2.75, 3.05) is 60.6 Å². The average Bonchev–Trinajstić information content (AvgIpc) is 3.02. The molecular weight excluding hydrogens is 576 g/mol. The Kier molecular flexibility index (Phi) is 9.11. The fourth-order valence-electron chi connectivity index (χ4n) is 6.12. The van der Waals surface area contributed by atoms with Crippen LogP contribution in [0.2, 0.25) is 0 Å². The lowest BCUT2D eigenvalue weighted by Gasteiger charge is -2.37. The maximum absolute atomic E-state index is 13.7. The molecule has 10 nitrogen and oxygen atoms in total. The number of rotatable bonds is 6. The fraction of sp³-hybridized carbons (Fsp3) is 0.364. The number of nitriles is 1. The second kappa shape index (κ2) is 13.0. The van der Waals surface area contributed by atoms with Gasteiger partial charge in [-0.3, -0.25) is 4.79 Å². The summed E-state index contributed by atoms with van der Waals surface area (Å²) in [6, 6.07) is 21.3. The number of benzene rings is 3. The number of para-hydroxylation sites is 2. The third kappa shape index (κ3) is 6.65. The molecule has 0 aromatic heterocycles. The van der Waals surface area contributed by atoms with Crippen molar-refractivity contribution < 1.29 is 18.9 Å². The first kappa shape index (κ1) is 30.9. The molecule has 2 aliphatic rings. The van der Waals surface area contributed by atoms with Crippen molar-refractivity contribution in [1.82, 2.24) is 4.90 Å². The summed E-state index contributed by atoms with van der Waals surface area (Å²) in [7, 11) is -3.13. The summed E-state index contributed by atoms with van der Waals surface area (Å²) in [5.41, 5.74) is 6.00. The molecule has 3 aromatic carbocycles. The molecule has 230 valence electrons. The van der Waals surface area contributed by atoms with Gasteiger partial charge in [0.25, 0.3) is 5.91 Å². The first-order valence-corrected chi connectivity index (χ1v) is 16.7. The zero-order valence-electron chi connectivity index (χ0n) is 25.3. The Balaban J connectivity index is 1.25. The topological polar surface area (TPSA) is 129 Å². The number of aryl methyl sites for hydroxylation is 2. The van der Waals surface area contributed by atoms with Crippen molar-refractivity contribution in [2.24, 2.45) is 4.36 Å². The largest absolute Gasteiger partial charge is 0.463 e. The maximum Gasteiger partial charge on any atom is 0.439 e. The van der Waals surface area contributed by atoms with E-state index in [4.69, 9.17) is 5.11 Å². The zero-order chi connectivity index (χ0) is 31.4. The smallest absolute Gasteiger partial charge is 0.439 e. The highest BCUT2D eigenvalue weighted by molar-refractivity contribution is 7.93. The number of hydrogen-bond donors (Lipinski definition) is 2. The highest BCUT2D eigenvalue weighted by Crippen LogP contribution is 2.30. The van der Waals surface area contributed by atoms with Gasteiger partial charge in [0.2, 0.25) is 0 Å². The van der Waals surface area contributed by atoms with Gasteiger partial charge in [-0.2, -0.15) is 5.26 Å². The van der Waals surface area contributed by atoms with Crippen molar-refractivity contribution in [3.05, 3.63) is 82.9 Å². The lowest BCUT2D eigenvalue weighted by Crippen LogP contribution is -2.49. The van der Waals surface area contributed by atoms with Crippen LogP contribution >= 0.6 is 0 Å². The quantitative estimate of drug-likeness (QED) is 0.380. The van der Waals surface area contributed by atoms with Gasteiger partial charge in [-0.25, -0.2) is 9.00 Å². The number of piperazine rings is 1. The number of amides is 2. The van der Waals surface area contributed by atoms with Gasteiger partial charge in [0.1, 0.15) is 6.07 Å². The van der Waals surface area contributed by atoms with Gasteiger partial charge in [-0.1, -0.05) is 30.3 Å². The monoisotopic (exact) mass is 614 g/mol. The predicted molar refractivity (Wildman–Crippen MR) is 173 cm³/mol. The SMILES string of the molecule is Cc1cc(C)c(C(=O)N2CCN(c3ccccc3S(C)(=O)=NC(=O)O)CC2)cc1NC1CCN(c2ccccc2C#N)CC1. The lowest BCUT2D eigenvalue weighted by molar-refractivity contribution is 0.0746. The van der Waals surface area contributed by atoms with Crippen LogP contribution in [-0.4, -0.2) is 77.8 Å². The summed E-state index contributed by atoms with van der Waals surface area (Å²) in [6.07, 6.45) is 1.72. The summed E-state index contributed by atoms with van der Waals surface area (Å²) >= 11 is 0. The van der Waals surface area contributed by atoms with E-state index in [1.807, 2.05) is 59.2 Å². The molecule has 3 aromatic rings. The number of carboxylic acid groups (broad SMARTS) is 1. The minimum Gasteiger partial charge on any atom is -0.463 e. The van der Waals surface area contributed by atoms with Gasteiger partial charge in [0, 0.05) is 62.8 Å². The molecule has 2 N–H and O–H groups in total. The number of nitrogens with one attached hydrogen (secondary N) is 1. The average molecular weight is 615 g/mol. The number of carbonyl (C=O) groups excluding carboxylic acids is 1. The minimum absolute atomic E-state index is 0.0263. The summed E-state index contributed by atoms with van der Waals surface area (Å²) in [4.78, 5) is 31.5. The second-order valence-corrected chi connectivity index (χ2v) is 13.7. The predicted octanol–water partition coefficient (Wildman–Crippen LogP) is 5.35. The minimum atomic E-state index is -3.13. The molecule has 2 saturated heterocycles. The molecule has 5 rings (SSSR count). The van der Waals surface area contributed by atoms with Gasteiger partial charge < -0.3 is 25.1 Å². The number of hydrogen-bond acceptors (Lipinski definition) is 7. The molecule has 1 unspecified atom stereocenters. The van der Waals surface area contributed by atoms with E-state index < -0.39 is 15.8 Å². The van der Waals surface area contributed by atoms with Gasteiger partial charge in [0.15, 0.2) is 0 Å². The second-order valence-electron chi connectivity index (χ2n) is 11.4. The third-order valence-electron chi connectivity index (χ3n) is 8.45. The standard InChI is InChI=1S/C33H38N6O4S/c1-23-20-24(2)28(35-26-12-14-37(15-13-26)29-9-5-4-8-25(29)22-34)21-27(23)32(40)39-18-16-38(17-19-39)30-10-6-7-11-31(30)44(3,43)36-33(41)42/h4-11,20-21,26,35H,12-19H2,1-3H3,(H,41,42). The van der Waals surface area contributed by atoms with Crippen LogP contribution < -0.4 is 15.1 Å². The number of piperidine rings is 1. The summed E-state index contributed by atoms with van der Waals surface area (Å²) in [6.45, 7) is 7.71. The molecule has 0 radical (unpaired) electrons. The Bertz CT molecular complexity index is 1730. The van der Waals surface area contributed by atoms with E-state index in [0.717, 1.165) is 48.4 Å². The van der Waals surface area contributed by atoms with Crippen LogP contribution in [0.25, 0.3) is 0 Å². The van der Waals surface area contributed by atoms with Crippen LogP contribution in [0.1, 0.15) is 39.9 Å². The molecular formula is C33H38N6O4S. The molecule has 1 atom stereocenters. The molecule has 0 spiro atoms. The maximum atomic E-state index is 13.7. The van der Waals surface area contributed by atoms with Crippen molar-refractivity contribution in [1.29, 1.82) is 5.26 Å². The van der Waals surface area contributed by atoms with E-state index >= 15 is 0 Å². The molecule has 2 aliphatic heterocycles. The summed E-state index contributed by atoms with van der Waals surface area (Å²) < 4.78 is 16.5. The van der Waals surface area contributed by atoms with Gasteiger partial charge in [-0.05, 0) is 68.1 Å². The Morgan fingerprint density at radius 2 is 1.52 bits per heavy atom. The highest BCUT2D eigenvalue weighted by Gasteiger charge is 2.27. The van der Waals surface area contributed by atoms with Gasteiger partial charge in [-0.15, -0.1) is 4.36 Å². The van der Waals surface area contributed by atoms with Crippen LogP contribution in [-0.2, 0) is 9.73 Å². The lowest BCUT2D eigenvalue weighted by atomic mass is 9.99. The molecule has 44 heavy (non-hydrogen) atoms. The van der Waals surface area contributed by atoms with Crippen LogP contribution in [0.5, 0.6) is 0 Å². The Morgan fingerprint density at radius 3 is 2.18 bits per heavy atom. The van der Waals surface area contributed by atoms with Gasteiger partial charge >= 0.3 is 6.09 Å². The number of carbonyl (C=O) groups is 2. The summed E-state index contributed by atoms with van der Waals surface area (Å²) in [5.74, 6) is -0.0263. The Morgan fingerprint density at radius 1 is 0.909 bits per heavy atom. The van der Waals surface area contributed by atoms with Crippen LogP contribution in [0, 0.1) is 25.2 Å². The van der Waals surface area contributed by atoms with E-state index in [2.05, 4.69) is 33.6 Å². The molecule has 11 heteroatoms. The summed E-state index contributed by atoms with van der Waals surface area (Å²) in [5, 5.41) is 22.3. The molecule has 2 fully saturated rings.